The summed E-state index contributed by atoms with van der Waals surface area (Å²) in [6.45, 7) is 6.83. The molecule has 0 fully saturated rings. The molecule has 0 nitrogen and oxygen atoms in total. The van der Waals surface area contributed by atoms with Gasteiger partial charge in [-0.3, -0.25) is 0 Å². The van der Waals surface area contributed by atoms with Gasteiger partial charge in [0.2, 0.25) is 0 Å². The lowest BCUT2D eigenvalue weighted by atomic mass is 9.86. The smallest absolute Gasteiger partial charge is 0.00988 e. The van der Waals surface area contributed by atoms with Crippen molar-refractivity contribution in [3.8, 4) is 11.1 Å². The molecule has 0 heteroatoms. The van der Waals surface area contributed by atoms with Crippen molar-refractivity contribution < 1.29 is 0 Å². The lowest BCUT2D eigenvalue weighted by Gasteiger charge is -2.18. The molecule has 0 aliphatic carbocycles. The van der Waals surface area contributed by atoms with E-state index in [2.05, 4.69) is 112 Å². The fourth-order valence-corrected chi connectivity index (χ4v) is 5.64. The van der Waals surface area contributed by atoms with Crippen LogP contribution in [-0.2, 0) is 19.3 Å². The van der Waals surface area contributed by atoms with Gasteiger partial charge in [0.25, 0.3) is 0 Å². The molecule has 0 saturated heterocycles. The van der Waals surface area contributed by atoms with Crippen molar-refractivity contribution in [2.24, 2.45) is 0 Å². The number of aryl methyl sites for hydroxylation is 3. The van der Waals surface area contributed by atoms with Crippen molar-refractivity contribution in [1.82, 2.24) is 0 Å². The minimum Gasteiger partial charge on any atom is -0.0616 e. The molecule has 6 aromatic carbocycles. The number of benzene rings is 6. The van der Waals surface area contributed by atoms with Gasteiger partial charge >= 0.3 is 0 Å². The summed E-state index contributed by atoms with van der Waals surface area (Å²) in [6.07, 6.45) is 3.19. The molecule has 166 valence electrons. The van der Waals surface area contributed by atoms with Crippen molar-refractivity contribution in [1.29, 1.82) is 0 Å². The molecule has 0 aromatic heterocycles. The van der Waals surface area contributed by atoms with Crippen LogP contribution < -0.4 is 0 Å². The molecular formula is C34H30. The van der Waals surface area contributed by atoms with Crippen LogP contribution in [0.2, 0.25) is 0 Å². The van der Waals surface area contributed by atoms with Gasteiger partial charge in [-0.2, -0.15) is 0 Å². The normalized spacial score (nSPS) is 11.7. The van der Waals surface area contributed by atoms with Gasteiger partial charge in [-0.05, 0) is 127 Å². The van der Waals surface area contributed by atoms with E-state index in [1.165, 1.54) is 70.9 Å². The van der Waals surface area contributed by atoms with Gasteiger partial charge in [0.05, 0.1) is 0 Å². The molecule has 0 spiro atoms. The summed E-state index contributed by atoms with van der Waals surface area (Å²) in [5, 5.41) is 10.5. The summed E-state index contributed by atoms with van der Waals surface area (Å²) in [7, 11) is 0. The molecule has 0 bridgehead atoms. The van der Waals surface area contributed by atoms with Crippen molar-refractivity contribution in [2.75, 3.05) is 0 Å². The molecule has 0 radical (unpaired) electrons. The maximum absolute atomic E-state index is 2.42. The summed E-state index contributed by atoms with van der Waals surface area (Å²) in [5.41, 5.74) is 7.19. The minimum atomic E-state index is 1.05. The zero-order valence-corrected chi connectivity index (χ0v) is 20.3. The zero-order valence-electron chi connectivity index (χ0n) is 20.3. The van der Waals surface area contributed by atoms with Gasteiger partial charge in [0.1, 0.15) is 0 Å². The second kappa shape index (κ2) is 8.29. The average molecular weight is 439 g/mol. The third-order valence-corrected chi connectivity index (χ3v) is 7.46. The number of hydrogen-bond acceptors (Lipinski definition) is 0. The van der Waals surface area contributed by atoms with Crippen molar-refractivity contribution in [3.05, 3.63) is 108 Å². The molecular weight excluding hydrogens is 408 g/mol. The monoisotopic (exact) mass is 438 g/mol. The number of fused-ring (bicyclic) bond motifs is 4. The van der Waals surface area contributed by atoms with E-state index in [0.717, 1.165) is 19.3 Å². The van der Waals surface area contributed by atoms with E-state index in [1.807, 2.05) is 0 Å². The first-order valence-electron chi connectivity index (χ1n) is 12.6. The molecule has 0 aliphatic rings. The largest absolute Gasteiger partial charge is 0.0616 e. The third-order valence-electron chi connectivity index (χ3n) is 7.46. The number of hydrogen-bond donors (Lipinski definition) is 0. The Bertz CT molecular complexity index is 1680. The topological polar surface area (TPSA) is 0 Å². The van der Waals surface area contributed by atoms with Crippen LogP contribution in [0, 0.1) is 0 Å². The van der Waals surface area contributed by atoms with Gasteiger partial charge < -0.3 is 0 Å². The maximum Gasteiger partial charge on any atom is -0.00988 e. The highest BCUT2D eigenvalue weighted by Crippen LogP contribution is 2.38. The Morgan fingerprint density at radius 2 is 0.941 bits per heavy atom. The summed E-state index contributed by atoms with van der Waals surface area (Å²) in [6, 6.07) is 34.5. The Labute approximate surface area is 201 Å². The predicted octanol–water partition coefficient (Wildman–Crippen LogP) is 9.65. The van der Waals surface area contributed by atoms with E-state index in [-0.39, 0.29) is 0 Å². The van der Waals surface area contributed by atoms with Crippen LogP contribution in [0.5, 0.6) is 0 Å². The highest BCUT2D eigenvalue weighted by molar-refractivity contribution is 6.10. The zero-order chi connectivity index (χ0) is 23.2. The van der Waals surface area contributed by atoms with Gasteiger partial charge in [-0.25, -0.2) is 0 Å². The van der Waals surface area contributed by atoms with E-state index < -0.39 is 0 Å². The van der Waals surface area contributed by atoms with Crippen molar-refractivity contribution >= 4 is 43.1 Å². The van der Waals surface area contributed by atoms with Crippen molar-refractivity contribution in [3.63, 3.8) is 0 Å². The third kappa shape index (κ3) is 3.37. The second-order valence-corrected chi connectivity index (χ2v) is 9.47. The highest BCUT2D eigenvalue weighted by atomic mass is 14.2. The van der Waals surface area contributed by atoms with E-state index in [4.69, 9.17) is 0 Å². The fourth-order valence-electron chi connectivity index (χ4n) is 5.64. The Morgan fingerprint density at radius 1 is 0.441 bits per heavy atom. The van der Waals surface area contributed by atoms with E-state index in [0.29, 0.717) is 0 Å². The van der Waals surface area contributed by atoms with Gasteiger partial charge in [0.15, 0.2) is 0 Å². The van der Waals surface area contributed by atoms with Gasteiger partial charge in [0, 0.05) is 0 Å². The molecule has 6 aromatic rings. The van der Waals surface area contributed by atoms with Crippen LogP contribution in [0.4, 0.5) is 0 Å². The van der Waals surface area contributed by atoms with E-state index in [9.17, 15) is 0 Å². The Hall–Kier alpha value is -3.64. The van der Waals surface area contributed by atoms with E-state index >= 15 is 0 Å². The van der Waals surface area contributed by atoms with E-state index in [1.54, 1.807) is 0 Å². The molecule has 0 atom stereocenters. The summed E-state index contributed by atoms with van der Waals surface area (Å²) >= 11 is 0. The lowest BCUT2D eigenvalue weighted by molar-refractivity contribution is 1.05. The van der Waals surface area contributed by atoms with Crippen LogP contribution in [-0.4, -0.2) is 0 Å². The molecule has 0 unspecified atom stereocenters. The first kappa shape index (κ1) is 20.9. The predicted molar refractivity (Wildman–Crippen MR) is 150 cm³/mol. The van der Waals surface area contributed by atoms with Crippen LogP contribution in [0.1, 0.15) is 37.5 Å². The Balaban J connectivity index is 1.64. The summed E-state index contributed by atoms with van der Waals surface area (Å²) in [5.74, 6) is 0. The van der Waals surface area contributed by atoms with Gasteiger partial charge in [-0.1, -0.05) is 75.4 Å². The minimum absolute atomic E-state index is 1.05. The van der Waals surface area contributed by atoms with Crippen LogP contribution in [0.25, 0.3) is 54.2 Å². The van der Waals surface area contributed by atoms with Gasteiger partial charge in [-0.15, -0.1) is 0 Å². The molecule has 0 N–H and O–H groups in total. The molecule has 0 saturated carbocycles. The highest BCUT2D eigenvalue weighted by Gasteiger charge is 2.14. The SMILES string of the molecule is CCc1cc(CC)c(-c2cccc3cc4cc5cc6ccccc6cc5cc4cc23)c(CC)c1. The van der Waals surface area contributed by atoms with Crippen LogP contribution >= 0.6 is 0 Å². The molecule has 6 rings (SSSR count). The quantitative estimate of drug-likeness (QED) is 0.240. The second-order valence-electron chi connectivity index (χ2n) is 9.47. The first-order valence-corrected chi connectivity index (χ1v) is 12.6. The summed E-state index contributed by atoms with van der Waals surface area (Å²) in [4.78, 5) is 0. The Kier molecular flexibility index (Phi) is 5.11. The molecule has 0 heterocycles. The van der Waals surface area contributed by atoms with Crippen LogP contribution in [0.3, 0.4) is 0 Å². The van der Waals surface area contributed by atoms with Crippen molar-refractivity contribution in [2.45, 2.75) is 40.0 Å². The molecule has 0 aliphatic heterocycles. The lowest BCUT2D eigenvalue weighted by Crippen LogP contribution is -1.98. The van der Waals surface area contributed by atoms with Crippen LogP contribution in [0.15, 0.2) is 91.0 Å². The standard InChI is InChI=1S/C34H30/c1-4-22-14-23(5-2)34(24(6-3)15-22)32-13-9-12-27-18-30-19-28-16-25-10-7-8-11-26(25)17-29(28)20-31(30)21-33(27)32/h7-21H,4-6H2,1-3H3. The molecule has 0 amide bonds. The first-order chi connectivity index (χ1) is 16.7. The fraction of sp³-hybridized carbons (Fsp3) is 0.176. The summed E-state index contributed by atoms with van der Waals surface area (Å²) < 4.78 is 0. The maximum atomic E-state index is 2.42. The Morgan fingerprint density at radius 3 is 1.50 bits per heavy atom. The molecule has 34 heavy (non-hydrogen) atoms. The number of rotatable bonds is 4. The average Bonchev–Trinajstić information content (AvgIpc) is 2.88.